The SMILES string of the molecule is C=CCn1c(SCC(=O)Nc2nc(C)c(C)s2)nnc1-c1cccc(F)c1. The van der Waals surface area contributed by atoms with Gasteiger partial charge in [-0.05, 0) is 26.0 Å². The van der Waals surface area contributed by atoms with Crippen LogP contribution in [0, 0.1) is 19.7 Å². The van der Waals surface area contributed by atoms with Gasteiger partial charge in [0, 0.05) is 17.0 Å². The Bertz CT molecular complexity index is 963. The first-order valence-electron chi connectivity index (χ1n) is 8.14. The summed E-state index contributed by atoms with van der Waals surface area (Å²) in [6.07, 6.45) is 1.71. The maximum atomic E-state index is 13.5. The molecule has 0 unspecified atom stereocenters. The van der Waals surface area contributed by atoms with E-state index in [4.69, 9.17) is 0 Å². The summed E-state index contributed by atoms with van der Waals surface area (Å²) in [5.74, 6) is 0.178. The van der Waals surface area contributed by atoms with Gasteiger partial charge in [0.15, 0.2) is 16.1 Å². The molecule has 2 aromatic heterocycles. The van der Waals surface area contributed by atoms with Crippen LogP contribution in [-0.2, 0) is 11.3 Å². The predicted octanol–water partition coefficient (Wildman–Crippen LogP) is 4.07. The Morgan fingerprint density at radius 3 is 2.89 bits per heavy atom. The zero-order valence-electron chi connectivity index (χ0n) is 14.9. The molecule has 1 amide bonds. The summed E-state index contributed by atoms with van der Waals surface area (Å²) in [6.45, 7) is 8.06. The molecule has 0 spiro atoms. The van der Waals surface area contributed by atoms with Gasteiger partial charge in [0.25, 0.3) is 0 Å². The number of hydrogen-bond donors (Lipinski definition) is 1. The Labute approximate surface area is 164 Å². The van der Waals surface area contributed by atoms with E-state index in [1.54, 1.807) is 22.8 Å². The van der Waals surface area contributed by atoms with Gasteiger partial charge in [-0.2, -0.15) is 0 Å². The minimum atomic E-state index is -0.344. The van der Waals surface area contributed by atoms with Gasteiger partial charge >= 0.3 is 0 Å². The maximum absolute atomic E-state index is 13.5. The fraction of sp³-hybridized carbons (Fsp3) is 0.222. The van der Waals surface area contributed by atoms with E-state index in [9.17, 15) is 9.18 Å². The Balaban J connectivity index is 1.72. The lowest BCUT2D eigenvalue weighted by Crippen LogP contribution is -2.14. The van der Waals surface area contributed by atoms with E-state index in [1.807, 2.05) is 13.8 Å². The zero-order valence-corrected chi connectivity index (χ0v) is 16.5. The van der Waals surface area contributed by atoms with Crippen LogP contribution in [0.15, 0.2) is 42.1 Å². The van der Waals surface area contributed by atoms with Gasteiger partial charge in [0.2, 0.25) is 5.91 Å². The topological polar surface area (TPSA) is 72.7 Å². The number of rotatable bonds is 7. The van der Waals surface area contributed by atoms with Crippen molar-refractivity contribution in [3.63, 3.8) is 0 Å². The molecule has 0 radical (unpaired) electrons. The van der Waals surface area contributed by atoms with Crippen molar-refractivity contribution in [1.29, 1.82) is 0 Å². The van der Waals surface area contributed by atoms with Crippen molar-refractivity contribution in [2.24, 2.45) is 0 Å². The average Bonchev–Trinajstić information content (AvgIpc) is 3.16. The number of thiazole rings is 1. The number of aromatic nitrogens is 4. The van der Waals surface area contributed by atoms with Gasteiger partial charge in [-0.3, -0.25) is 9.36 Å². The molecule has 0 saturated carbocycles. The van der Waals surface area contributed by atoms with E-state index in [0.29, 0.717) is 28.2 Å². The predicted molar refractivity (Wildman–Crippen MR) is 107 cm³/mol. The molecule has 140 valence electrons. The summed E-state index contributed by atoms with van der Waals surface area (Å²) >= 11 is 2.70. The van der Waals surface area contributed by atoms with Crippen molar-refractivity contribution < 1.29 is 9.18 Å². The molecule has 0 saturated heterocycles. The second-order valence-electron chi connectivity index (χ2n) is 5.71. The van der Waals surface area contributed by atoms with Gasteiger partial charge < -0.3 is 5.32 Å². The highest BCUT2D eigenvalue weighted by molar-refractivity contribution is 7.99. The molecule has 0 aliphatic heterocycles. The molecular formula is C18H18FN5OS2. The monoisotopic (exact) mass is 403 g/mol. The molecule has 3 rings (SSSR count). The van der Waals surface area contributed by atoms with Crippen molar-refractivity contribution in [2.75, 3.05) is 11.1 Å². The van der Waals surface area contributed by atoms with E-state index in [-0.39, 0.29) is 17.5 Å². The first-order chi connectivity index (χ1) is 13.0. The summed E-state index contributed by atoms with van der Waals surface area (Å²) in [4.78, 5) is 17.6. The van der Waals surface area contributed by atoms with E-state index < -0.39 is 0 Å². The summed E-state index contributed by atoms with van der Waals surface area (Å²) in [5, 5.41) is 12.3. The number of halogens is 1. The van der Waals surface area contributed by atoms with Crippen LogP contribution in [0.1, 0.15) is 10.6 Å². The lowest BCUT2D eigenvalue weighted by molar-refractivity contribution is -0.113. The molecule has 1 aromatic carbocycles. The number of carbonyl (C=O) groups excluding carboxylic acids is 1. The number of aryl methyl sites for hydroxylation is 2. The zero-order chi connectivity index (χ0) is 19.4. The minimum absolute atomic E-state index is 0.163. The Kier molecular flexibility index (Phi) is 6.02. The van der Waals surface area contributed by atoms with Gasteiger partial charge in [0.05, 0.1) is 11.4 Å². The first-order valence-corrected chi connectivity index (χ1v) is 9.95. The Morgan fingerprint density at radius 1 is 1.41 bits per heavy atom. The summed E-state index contributed by atoms with van der Waals surface area (Å²) < 4.78 is 15.3. The van der Waals surface area contributed by atoms with Crippen molar-refractivity contribution in [3.8, 4) is 11.4 Å². The highest BCUT2D eigenvalue weighted by atomic mass is 32.2. The molecule has 0 atom stereocenters. The van der Waals surface area contributed by atoms with Crippen LogP contribution in [-0.4, -0.2) is 31.4 Å². The number of allylic oxidation sites excluding steroid dienone is 1. The second-order valence-corrected chi connectivity index (χ2v) is 7.86. The molecular weight excluding hydrogens is 385 g/mol. The molecule has 2 heterocycles. The van der Waals surface area contributed by atoms with Crippen LogP contribution in [0.2, 0.25) is 0 Å². The standard InChI is InChI=1S/C18H18FN5OS2/c1-4-8-24-16(13-6-5-7-14(19)9-13)22-23-18(24)26-10-15(25)21-17-20-11(2)12(3)27-17/h4-7,9H,1,8,10H2,2-3H3,(H,20,21,25). The van der Waals surface area contributed by atoms with Crippen LogP contribution in [0.4, 0.5) is 9.52 Å². The van der Waals surface area contributed by atoms with Crippen LogP contribution in [0.5, 0.6) is 0 Å². The smallest absolute Gasteiger partial charge is 0.236 e. The van der Waals surface area contributed by atoms with Crippen molar-refractivity contribution >= 4 is 34.1 Å². The third-order valence-corrected chi connectivity index (χ3v) is 5.67. The van der Waals surface area contributed by atoms with Crippen LogP contribution in [0.25, 0.3) is 11.4 Å². The molecule has 0 fully saturated rings. The Hall–Kier alpha value is -2.52. The number of carbonyl (C=O) groups is 1. The van der Waals surface area contributed by atoms with Crippen molar-refractivity contribution in [1.82, 2.24) is 19.7 Å². The summed E-state index contributed by atoms with van der Waals surface area (Å²) in [5.41, 5.74) is 1.53. The normalized spacial score (nSPS) is 10.8. The molecule has 6 nitrogen and oxygen atoms in total. The van der Waals surface area contributed by atoms with Crippen molar-refractivity contribution in [2.45, 2.75) is 25.5 Å². The molecule has 9 heteroatoms. The molecule has 3 aromatic rings. The third kappa shape index (κ3) is 4.61. The average molecular weight is 404 g/mol. The van der Waals surface area contributed by atoms with Crippen LogP contribution in [0.3, 0.4) is 0 Å². The van der Waals surface area contributed by atoms with E-state index in [0.717, 1.165) is 10.6 Å². The highest BCUT2D eigenvalue weighted by Crippen LogP contribution is 2.25. The summed E-state index contributed by atoms with van der Waals surface area (Å²) in [7, 11) is 0. The van der Waals surface area contributed by atoms with Crippen LogP contribution < -0.4 is 5.32 Å². The number of anilines is 1. The molecule has 27 heavy (non-hydrogen) atoms. The first kappa shape index (κ1) is 19.2. The minimum Gasteiger partial charge on any atom is -0.301 e. The highest BCUT2D eigenvalue weighted by Gasteiger charge is 2.16. The lowest BCUT2D eigenvalue weighted by Gasteiger charge is -2.07. The van der Waals surface area contributed by atoms with Gasteiger partial charge in [-0.15, -0.1) is 28.1 Å². The number of thioether (sulfide) groups is 1. The van der Waals surface area contributed by atoms with Gasteiger partial charge in [0.1, 0.15) is 5.82 Å². The molecule has 1 N–H and O–H groups in total. The van der Waals surface area contributed by atoms with E-state index in [1.165, 1.54) is 35.2 Å². The number of nitrogens with zero attached hydrogens (tertiary/aromatic N) is 4. The fourth-order valence-corrected chi connectivity index (χ4v) is 3.92. The largest absolute Gasteiger partial charge is 0.301 e. The number of hydrogen-bond acceptors (Lipinski definition) is 6. The number of nitrogens with one attached hydrogen (secondary N) is 1. The Morgan fingerprint density at radius 2 is 2.22 bits per heavy atom. The van der Waals surface area contributed by atoms with E-state index >= 15 is 0 Å². The lowest BCUT2D eigenvalue weighted by atomic mass is 10.2. The summed E-state index contributed by atoms with van der Waals surface area (Å²) in [6, 6.07) is 6.16. The quantitative estimate of drug-likeness (QED) is 0.475. The molecule has 0 bridgehead atoms. The van der Waals surface area contributed by atoms with Crippen molar-refractivity contribution in [3.05, 3.63) is 53.3 Å². The number of amides is 1. The van der Waals surface area contributed by atoms with Gasteiger partial charge in [-0.25, -0.2) is 9.37 Å². The number of benzene rings is 1. The second kappa shape index (κ2) is 8.45. The maximum Gasteiger partial charge on any atom is 0.236 e. The van der Waals surface area contributed by atoms with Crippen LogP contribution >= 0.6 is 23.1 Å². The molecule has 0 aliphatic rings. The fourth-order valence-electron chi connectivity index (χ4n) is 2.34. The third-order valence-electron chi connectivity index (χ3n) is 3.72. The van der Waals surface area contributed by atoms with Gasteiger partial charge in [-0.1, -0.05) is 30.0 Å². The molecule has 0 aliphatic carbocycles. The van der Waals surface area contributed by atoms with E-state index in [2.05, 4.69) is 27.1 Å².